The molecular weight excluding hydrogens is 272 g/mol. The number of hydrogen-bond donors (Lipinski definition) is 0. The van der Waals surface area contributed by atoms with Crippen LogP contribution in [0.4, 0.5) is 11.4 Å². The molecule has 0 atom stereocenters. The normalized spacial score (nSPS) is 15.6. The minimum atomic E-state index is -0.410. The van der Waals surface area contributed by atoms with Crippen LogP contribution in [-0.2, 0) is 9.53 Å². The van der Waals surface area contributed by atoms with Gasteiger partial charge in [-0.25, -0.2) is 4.79 Å². The maximum absolute atomic E-state index is 11.5. The summed E-state index contributed by atoms with van der Waals surface area (Å²) in [5.41, 5.74) is 1.45. The summed E-state index contributed by atoms with van der Waals surface area (Å²) in [6.07, 6.45) is 1.41. The van der Waals surface area contributed by atoms with Crippen LogP contribution in [-0.4, -0.2) is 30.1 Å². The number of hydrogen-bond acceptors (Lipinski definition) is 5. The van der Waals surface area contributed by atoms with Crippen LogP contribution in [0.1, 0.15) is 19.8 Å². The number of nitrogens with zero attached hydrogens (tertiary/aromatic N) is 2. The molecule has 1 saturated heterocycles. The molecule has 0 radical (unpaired) electrons. The zero-order valence-electron chi connectivity index (χ0n) is 11.9. The van der Waals surface area contributed by atoms with E-state index in [2.05, 4.69) is 11.5 Å². The molecule has 1 fully saturated rings. The van der Waals surface area contributed by atoms with Gasteiger partial charge in [-0.05, 0) is 19.1 Å². The van der Waals surface area contributed by atoms with E-state index >= 15 is 0 Å². The van der Waals surface area contributed by atoms with Gasteiger partial charge in [-0.15, -0.1) is 0 Å². The van der Waals surface area contributed by atoms with E-state index in [0.29, 0.717) is 5.57 Å². The highest BCUT2D eigenvalue weighted by Crippen LogP contribution is 2.24. The minimum absolute atomic E-state index is 0.0801. The predicted octanol–water partition coefficient (Wildman–Crippen LogP) is 2.68. The molecule has 1 aliphatic rings. The molecule has 112 valence electrons. The van der Waals surface area contributed by atoms with Gasteiger partial charge in [0.05, 0.1) is 4.92 Å². The lowest BCUT2D eigenvalue weighted by Crippen LogP contribution is -2.37. The largest absolute Gasteiger partial charge is 0.459 e. The first-order valence-electron chi connectivity index (χ1n) is 6.83. The van der Waals surface area contributed by atoms with Crippen LogP contribution in [0.15, 0.2) is 36.4 Å². The molecule has 21 heavy (non-hydrogen) atoms. The van der Waals surface area contributed by atoms with Crippen LogP contribution in [0.2, 0.25) is 0 Å². The zero-order valence-corrected chi connectivity index (χ0v) is 11.9. The second kappa shape index (κ2) is 6.39. The Balaban J connectivity index is 1.90. The van der Waals surface area contributed by atoms with Crippen molar-refractivity contribution in [3.05, 3.63) is 46.5 Å². The maximum Gasteiger partial charge on any atom is 0.333 e. The molecular formula is C15H18N2O4. The summed E-state index contributed by atoms with van der Waals surface area (Å²) in [6.45, 7) is 6.71. The van der Waals surface area contributed by atoms with Gasteiger partial charge in [0.2, 0.25) is 0 Å². The first kappa shape index (κ1) is 15.0. The SMILES string of the molecule is C=C(C)C(=O)OC1CCN(c2ccc([N+](=O)[O-])cc2)CC1. The van der Waals surface area contributed by atoms with Gasteiger partial charge in [0, 0.05) is 49.3 Å². The van der Waals surface area contributed by atoms with Gasteiger partial charge in [-0.3, -0.25) is 10.1 Å². The molecule has 2 rings (SSSR count). The summed E-state index contributed by atoms with van der Waals surface area (Å²) < 4.78 is 5.33. The Morgan fingerprint density at radius 1 is 1.33 bits per heavy atom. The molecule has 0 bridgehead atoms. The van der Waals surface area contributed by atoms with E-state index in [4.69, 9.17) is 4.74 Å². The van der Waals surface area contributed by atoms with Crippen LogP contribution in [0, 0.1) is 10.1 Å². The fraction of sp³-hybridized carbons (Fsp3) is 0.400. The number of benzene rings is 1. The lowest BCUT2D eigenvalue weighted by molar-refractivity contribution is -0.384. The standard InChI is InChI=1S/C15H18N2O4/c1-11(2)15(18)21-14-7-9-16(10-8-14)12-3-5-13(6-4-12)17(19)20/h3-6,14H,1,7-10H2,2H3. The smallest absolute Gasteiger partial charge is 0.333 e. The van der Waals surface area contributed by atoms with Gasteiger partial charge in [0.25, 0.3) is 5.69 Å². The van der Waals surface area contributed by atoms with Crippen LogP contribution in [0.25, 0.3) is 0 Å². The summed E-state index contributed by atoms with van der Waals surface area (Å²) in [6, 6.07) is 6.50. The van der Waals surface area contributed by atoms with E-state index in [1.165, 1.54) is 12.1 Å². The molecule has 0 amide bonds. The van der Waals surface area contributed by atoms with Crippen LogP contribution in [0.3, 0.4) is 0 Å². The van der Waals surface area contributed by atoms with Crippen LogP contribution in [0.5, 0.6) is 0 Å². The second-order valence-corrected chi connectivity index (χ2v) is 5.15. The average molecular weight is 290 g/mol. The summed E-state index contributed by atoms with van der Waals surface area (Å²) in [7, 11) is 0. The Morgan fingerprint density at radius 3 is 2.38 bits per heavy atom. The average Bonchev–Trinajstić information content (AvgIpc) is 2.48. The first-order chi connectivity index (χ1) is 9.97. The van der Waals surface area contributed by atoms with E-state index < -0.39 is 4.92 Å². The highest BCUT2D eigenvalue weighted by atomic mass is 16.6. The van der Waals surface area contributed by atoms with Gasteiger partial charge in [0.1, 0.15) is 6.10 Å². The Kier molecular flexibility index (Phi) is 4.57. The van der Waals surface area contributed by atoms with Crippen molar-refractivity contribution in [2.75, 3.05) is 18.0 Å². The molecule has 1 aliphatic heterocycles. The van der Waals surface area contributed by atoms with Gasteiger partial charge in [-0.1, -0.05) is 6.58 Å². The van der Waals surface area contributed by atoms with E-state index in [1.807, 2.05) is 0 Å². The fourth-order valence-corrected chi connectivity index (χ4v) is 2.27. The van der Waals surface area contributed by atoms with Crippen molar-refractivity contribution >= 4 is 17.3 Å². The first-order valence-corrected chi connectivity index (χ1v) is 6.83. The summed E-state index contributed by atoms with van der Waals surface area (Å²) in [5.74, 6) is -0.344. The van der Waals surface area contributed by atoms with Crippen LogP contribution < -0.4 is 4.90 Å². The second-order valence-electron chi connectivity index (χ2n) is 5.15. The maximum atomic E-state index is 11.5. The molecule has 0 saturated carbocycles. The monoisotopic (exact) mass is 290 g/mol. The van der Waals surface area contributed by atoms with Crippen LogP contribution >= 0.6 is 0 Å². The highest BCUT2D eigenvalue weighted by molar-refractivity contribution is 5.87. The van der Waals surface area contributed by atoms with Crippen molar-refractivity contribution in [1.82, 2.24) is 0 Å². The van der Waals surface area contributed by atoms with E-state index in [0.717, 1.165) is 31.6 Å². The number of carbonyl (C=O) groups is 1. The van der Waals surface area contributed by atoms with Crippen molar-refractivity contribution in [2.24, 2.45) is 0 Å². The third kappa shape index (κ3) is 3.81. The molecule has 0 unspecified atom stereocenters. The number of esters is 1. The van der Waals surface area contributed by atoms with Gasteiger partial charge >= 0.3 is 5.97 Å². The number of ether oxygens (including phenoxy) is 1. The number of piperidine rings is 1. The molecule has 1 aromatic carbocycles. The quantitative estimate of drug-likeness (QED) is 0.369. The highest BCUT2D eigenvalue weighted by Gasteiger charge is 2.23. The number of carbonyl (C=O) groups excluding carboxylic acids is 1. The third-order valence-corrected chi connectivity index (χ3v) is 3.49. The topological polar surface area (TPSA) is 72.7 Å². The predicted molar refractivity (Wildman–Crippen MR) is 79.2 cm³/mol. The lowest BCUT2D eigenvalue weighted by Gasteiger charge is -2.33. The number of nitro groups is 1. The van der Waals surface area contributed by atoms with E-state index in [-0.39, 0.29) is 17.8 Å². The van der Waals surface area contributed by atoms with Gasteiger partial charge in [-0.2, -0.15) is 0 Å². The van der Waals surface area contributed by atoms with Crippen molar-refractivity contribution in [2.45, 2.75) is 25.9 Å². The van der Waals surface area contributed by atoms with E-state index in [9.17, 15) is 14.9 Å². The van der Waals surface area contributed by atoms with Crippen molar-refractivity contribution in [1.29, 1.82) is 0 Å². The number of non-ortho nitro benzene ring substituents is 1. The van der Waals surface area contributed by atoms with Crippen molar-refractivity contribution in [3.8, 4) is 0 Å². The van der Waals surface area contributed by atoms with Gasteiger partial charge < -0.3 is 9.64 Å². The fourth-order valence-electron chi connectivity index (χ4n) is 2.27. The molecule has 1 heterocycles. The molecule has 0 spiro atoms. The number of nitro benzene ring substituents is 1. The van der Waals surface area contributed by atoms with E-state index in [1.54, 1.807) is 19.1 Å². The number of anilines is 1. The Labute approximate surface area is 123 Å². The molecule has 6 heteroatoms. The molecule has 0 aromatic heterocycles. The van der Waals surface area contributed by atoms with Crippen molar-refractivity contribution < 1.29 is 14.5 Å². The zero-order chi connectivity index (χ0) is 15.4. The molecule has 1 aromatic rings. The Hall–Kier alpha value is -2.37. The Bertz CT molecular complexity index is 545. The minimum Gasteiger partial charge on any atom is -0.459 e. The van der Waals surface area contributed by atoms with Gasteiger partial charge in [0.15, 0.2) is 0 Å². The lowest BCUT2D eigenvalue weighted by atomic mass is 10.1. The summed E-state index contributed by atoms with van der Waals surface area (Å²) in [5, 5.41) is 10.6. The summed E-state index contributed by atoms with van der Waals surface area (Å²) in [4.78, 5) is 23.8. The molecule has 6 nitrogen and oxygen atoms in total. The molecule has 0 N–H and O–H groups in total. The third-order valence-electron chi connectivity index (χ3n) is 3.49. The molecule has 0 aliphatic carbocycles. The Morgan fingerprint density at radius 2 is 1.90 bits per heavy atom. The number of rotatable bonds is 4. The summed E-state index contributed by atoms with van der Waals surface area (Å²) >= 11 is 0. The van der Waals surface area contributed by atoms with Crippen molar-refractivity contribution in [3.63, 3.8) is 0 Å².